The molecule has 0 saturated carbocycles. The van der Waals surface area contributed by atoms with Gasteiger partial charge in [-0.25, -0.2) is 4.98 Å². The van der Waals surface area contributed by atoms with E-state index in [2.05, 4.69) is 22.3 Å². The molecule has 2 heterocycles. The first-order valence-electron chi connectivity index (χ1n) is 5.45. The van der Waals surface area contributed by atoms with Crippen LogP contribution in [0.2, 0.25) is 0 Å². The van der Waals surface area contributed by atoms with Crippen molar-refractivity contribution in [2.75, 3.05) is 0 Å². The molecule has 0 fully saturated rings. The third-order valence-electron chi connectivity index (χ3n) is 2.84. The van der Waals surface area contributed by atoms with Crippen LogP contribution in [0.4, 0.5) is 13.2 Å². The summed E-state index contributed by atoms with van der Waals surface area (Å²) < 4.78 is 40.6. The van der Waals surface area contributed by atoms with Crippen molar-refractivity contribution in [2.45, 2.75) is 12.7 Å². The molecule has 0 aliphatic rings. The van der Waals surface area contributed by atoms with Crippen molar-refractivity contribution in [3.8, 4) is 0 Å². The van der Waals surface area contributed by atoms with Crippen molar-refractivity contribution < 1.29 is 13.2 Å². The number of fused-ring (bicyclic) bond motifs is 1. The summed E-state index contributed by atoms with van der Waals surface area (Å²) in [7, 11) is 1.58. The SMILES string of the molecule is Cn1ncc2c(=O)n(CC(C(N)=S)C(F)(F)F)cnc21. The molecule has 0 amide bonds. The van der Waals surface area contributed by atoms with E-state index in [0.29, 0.717) is 5.65 Å². The minimum atomic E-state index is -4.62. The molecule has 1 unspecified atom stereocenters. The van der Waals surface area contributed by atoms with Gasteiger partial charge in [-0.1, -0.05) is 12.2 Å². The van der Waals surface area contributed by atoms with Crippen LogP contribution in [0.5, 0.6) is 0 Å². The van der Waals surface area contributed by atoms with Crippen molar-refractivity contribution in [2.24, 2.45) is 18.7 Å². The predicted octanol–water partition coefficient (Wildman–Crippen LogP) is 0.595. The maximum atomic E-state index is 12.8. The molecular weight excluding hydrogens is 295 g/mol. The summed E-state index contributed by atoms with van der Waals surface area (Å²) in [5, 5.41) is 3.97. The number of nitrogens with zero attached hydrogens (tertiary/aromatic N) is 4. The molecule has 20 heavy (non-hydrogen) atoms. The van der Waals surface area contributed by atoms with Gasteiger partial charge in [0.15, 0.2) is 5.65 Å². The third kappa shape index (κ3) is 2.50. The predicted molar refractivity (Wildman–Crippen MR) is 69.1 cm³/mol. The van der Waals surface area contributed by atoms with Gasteiger partial charge < -0.3 is 5.73 Å². The van der Waals surface area contributed by atoms with Crippen LogP contribution in [0.25, 0.3) is 11.0 Å². The van der Waals surface area contributed by atoms with Crippen LogP contribution >= 0.6 is 12.2 Å². The second-order valence-corrected chi connectivity index (χ2v) is 4.68. The Morgan fingerprint density at radius 3 is 2.75 bits per heavy atom. The van der Waals surface area contributed by atoms with Gasteiger partial charge in [-0.2, -0.15) is 18.3 Å². The van der Waals surface area contributed by atoms with Crippen molar-refractivity contribution in [3.63, 3.8) is 0 Å². The quantitative estimate of drug-likeness (QED) is 0.840. The van der Waals surface area contributed by atoms with E-state index < -0.39 is 29.2 Å². The first-order valence-corrected chi connectivity index (χ1v) is 5.86. The summed E-state index contributed by atoms with van der Waals surface area (Å²) in [5.41, 5.74) is 4.78. The zero-order chi connectivity index (χ0) is 15.1. The molecule has 1 atom stereocenters. The van der Waals surface area contributed by atoms with Crippen LogP contribution in [0, 0.1) is 5.92 Å². The third-order valence-corrected chi connectivity index (χ3v) is 3.12. The molecular formula is C10H10F3N5OS. The topological polar surface area (TPSA) is 78.7 Å². The van der Waals surface area contributed by atoms with Crippen LogP contribution in [0.1, 0.15) is 0 Å². The highest BCUT2D eigenvalue weighted by Gasteiger charge is 2.42. The van der Waals surface area contributed by atoms with Gasteiger partial charge in [0, 0.05) is 13.6 Å². The lowest BCUT2D eigenvalue weighted by Crippen LogP contribution is -2.39. The highest BCUT2D eigenvalue weighted by Crippen LogP contribution is 2.27. The Hall–Kier alpha value is -1.97. The number of thiocarbonyl (C=S) groups is 1. The Balaban J connectivity index is 2.46. The summed E-state index contributed by atoms with van der Waals surface area (Å²) in [4.78, 5) is 15.2. The zero-order valence-corrected chi connectivity index (χ0v) is 11.1. The fraction of sp³-hybridized carbons (Fsp3) is 0.400. The molecule has 6 nitrogen and oxygen atoms in total. The fourth-order valence-corrected chi connectivity index (χ4v) is 1.96. The first-order chi connectivity index (χ1) is 9.21. The Labute approximate surface area is 116 Å². The maximum Gasteiger partial charge on any atom is 0.399 e. The van der Waals surface area contributed by atoms with Gasteiger partial charge >= 0.3 is 6.18 Å². The minimum absolute atomic E-state index is 0.138. The second-order valence-electron chi connectivity index (χ2n) is 4.20. The molecule has 0 aliphatic carbocycles. The standard InChI is InChI=1S/C10H10F3N5OS/c1-17-8-5(2-16-17)9(19)18(4-15-8)3-6(7(14)20)10(11,12)13/h2,4,6H,3H2,1H3,(H2,14,20). The van der Waals surface area contributed by atoms with Gasteiger partial charge in [-0.3, -0.25) is 14.0 Å². The van der Waals surface area contributed by atoms with Gasteiger partial charge in [0.05, 0.1) is 17.5 Å². The molecule has 0 spiro atoms. The van der Waals surface area contributed by atoms with Gasteiger partial charge in [0.2, 0.25) is 0 Å². The van der Waals surface area contributed by atoms with Gasteiger partial charge in [-0.15, -0.1) is 0 Å². The summed E-state index contributed by atoms with van der Waals surface area (Å²) in [5.74, 6) is -2.08. The number of aryl methyl sites for hydroxylation is 1. The molecule has 2 aromatic rings. The van der Waals surface area contributed by atoms with Gasteiger partial charge in [0.25, 0.3) is 5.56 Å². The Morgan fingerprint density at radius 2 is 2.20 bits per heavy atom. The second kappa shape index (κ2) is 4.85. The summed E-state index contributed by atoms with van der Waals surface area (Å²) in [6, 6.07) is 0. The summed E-state index contributed by atoms with van der Waals surface area (Å²) in [6.07, 6.45) is -2.33. The first kappa shape index (κ1) is 14.4. The van der Waals surface area contributed by atoms with Crippen LogP contribution in [-0.2, 0) is 13.6 Å². The van der Waals surface area contributed by atoms with E-state index >= 15 is 0 Å². The number of aromatic nitrogens is 4. The molecule has 0 radical (unpaired) electrons. The smallest absolute Gasteiger partial charge is 0.393 e. The van der Waals surface area contributed by atoms with Crippen molar-refractivity contribution in [1.29, 1.82) is 0 Å². The van der Waals surface area contributed by atoms with E-state index in [0.717, 1.165) is 10.9 Å². The average Bonchev–Trinajstić information content (AvgIpc) is 2.69. The molecule has 0 bridgehead atoms. The highest BCUT2D eigenvalue weighted by atomic mass is 32.1. The van der Waals surface area contributed by atoms with E-state index in [1.165, 1.54) is 10.9 Å². The molecule has 2 N–H and O–H groups in total. The van der Waals surface area contributed by atoms with E-state index in [1.807, 2.05) is 0 Å². The lowest BCUT2D eigenvalue weighted by molar-refractivity contribution is -0.158. The Bertz CT molecular complexity index is 720. The van der Waals surface area contributed by atoms with Crippen LogP contribution < -0.4 is 11.3 Å². The number of nitrogens with two attached hydrogens (primary N) is 1. The Kier molecular flexibility index (Phi) is 3.50. The zero-order valence-electron chi connectivity index (χ0n) is 10.3. The number of halogens is 3. The molecule has 0 saturated heterocycles. The van der Waals surface area contributed by atoms with E-state index in [4.69, 9.17) is 5.73 Å². The number of hydrogen-bond acceptors (Lipinski definition) is 4. The van der Waals surface area contributed by atoms with Crippen LogP contribution in [-0.4, -0.2) is 30.5 Å². The molecule has 0 aromatic carbocycles. The van der Waals surface area contributed by atoms with E-state index in [1.54, 1.807) is 7.05 Å². The molecule has 0 aliphatic heterocycles. The van der Waals surface area contributed by atoms with Gasteiger partial charge in [0.1, 0.15) is 11.3 Å². The normalized spacial score (nSPS) is 13.6. The van der Waals surface area contributed by atoms with Crippen molar-refractivity contribution in [3.05, 3.63) is 22.9 Å². The van der Waals surface area contributed by atoms with E-state index in [-0.39, 0.29) is 5.39 Å². The van der Waals surface area contributed by atoms with E-state index in [9.17, 15) is 18.0 Å². The average molecular weight is 305 g/mol. The largest absolute Gasteiger partial charge is 0.399 e. The highest BCUT2D eigenvalue weighted by molar-refractivity contribution is 7.80. The number of hydrogen-bond donors (Lipinski definition) is 1. The minimum Gasteiger partial charge on any atom is -0.393 e. The van der Waals surface area contributed by atoms with Gasteiger partial charge in [-0.05, 0) is 0 Å². The monoisotopic (exact) mass is 305 g/mol. The van der Waals surface area contributed by atoms with Crippen molar-refractivity contribution in [1.82, 2.24) is 19.3 Å². The number of alkyl halides is 3. The lowest BCUT2D eigenvalue weighted by atomic mass is 10.1. The Morgan fingerprint density at radius 1 is 1.55 bits per heavy atom. The molecule has 108 valence electrons. The summed E-state index contributed by atoms with van der Waals surface area (Å²) in [6.45, 7) is -0.699. The lowest BCUT2D eigenvalue weighted by Gasteiger charge is -2.19. The van der Waals surface area contributed by atoms with Crippen LogP contribution in [0.3, 0.4) is 0 Å². The number of rotatable bonds is 3. The van der Waals surface area contributed by atoms with Crippen molar-refractivity contribution >= 4 is 28.2 Å². The molecule has 2 rings (SSSR count). The van der Waals surface area contributed by atoms with Crippen LogP contribution in [0.15, 0.2) is 17.3 Å². The molecule has 10 heteroatoms. The fourth-order valence-electron chi connectivity index (χ4n) is 1.75. The maximum absolute atomic E-state index is 12.8. The molecule has 2 aromatic heterocycles. The summed E-state index contributed by atoms with van der Waals surface area (Å²) >= 11 is 4.41.